The topological polar surface area (TPSA) is 40.5 Å². The Bertz CT molecular complexity index is 542. The highest BCUT2D eigenvalue weighted by Gasteiger charge is 2.37. The summed E-state index contributed by atoms with van der Waals surface area (Å²) in [5, 5.41) is 20.9. The van der Waals surface area contributed by atoms with Crippen LogP contribution in [0.1, 0.15) is 24.3 Å². The monoisotopic (exact) mass is 268 g/mol. The first kappa shape index (κ1) is 14.2. The summed E-state index contributed by atoms with van der Waals surface area (Å²) in [4.78, 5) is 0. The van der Waals surface area contributed by atoms with Crippen molar-refractivity contribution in [3.63, 3.8) is 0 Å². The van der Waals surface area contributed by atoms with Gasteiger partial charge in [-0.3, -0.25) is 0 Å². The lowest BCUT2D eigenvalue weighted by Crippen LogP contribution is -2.26. The van der Waals surface area contributed by atoms with Crippen LogP contribution in [0.4, 0.5) is 0 Å². The molecule has 0 saturated heterocycles. The van der Waals surface area contributed by atoms with Crippen molar-refractivity contribution in [3.8, 4) is 0 Å². The molecule has 2 nitrogen and oxygen atoms in total. The van der Waals surface area contributed by atoms with Gasteiger partial charge in [0.2, 0.25) is 0 Å². The second-order valence-corrected chi connectivity index (χ2v) is 5.12. The van der Waals surface area contributed by atoms with Crippen LogP contribution in [0, 0.1) is 5.41 Å². The van der Waals surface area contributed by atoms with E-state index in [2.05, 4.69) is 13.2 Å². The summed E-state index contributed by atoms with van der Waals surface area (Å²) in [6.07, 6.45) is 8.53. The molecule has 0 fully saturated rings. The highest BCUT2D eigenvalue weighted by molar-refractivity contribution is 5.39. The number of hydrogen-bond acceptors (Lipinski definition) is 2. The maximum atomic E-state index is 10.5. The van der Waals surface area contributed by atoms with E-state index in [-0.39, 0.29) is 17.4 Å². The standard InChI is InChI=1S/C18H20O2/c1-3-11-18(12-4-2)13-10-15(16(19)17(18)20)14-8-6-5-7-9-14/h3-10,13,15,19-20H,1-2,11-12H2. The Hall–Kier alpha value is -2.22. The summed E-state index contributed by atoms with van der Waals surface area (Å²) in [5.74, 6) is -0.255. The van der Waals surface area contributed by atoms with Crippen LogP contribution in [0.25, 0.3) is 0 Å². The number of aliphatic hydroxyl groups is 2. The van der Waals surface area contributed by atoms with E-state index in [9.17, 15) is 10.2 Å². The van der Waals surface area contributed by atoms with Crippen molar-refractivity contribution in [3.05, 3.63) is 84.9 Å². The highest BCUT2D eigenvalue weighted by atomic mass is 16.3. The van der Waals surface area contributed by atoms with Gasteiger partial charge in [0.05, 0.1) is 11.3 Å². The molecule has 0 spiro atoms. The lowest BCUT2D eigenvalue weighted by atomic mass is 9.73. The lowest BCUT2D eigenvalue weighted by Gasteiger charge is -2.33. The van der Waals surface area contributed by atoms with Crippen molar-refractivity contribution in [2.24, 2.45) is 5.41 Å². The van der Waals surface area contributed by atoms with Crippen molar-refractivity contribution in [2.75, 3.05) is 0 Å². The fraction of sp³-hybridized carbons (Fsp3) is 0.222. The van der Waals surface area contributed by atoms with Crippen molar-refractivity contribution in [1.82, 2.24) is 0 Å². The van der Waals surface area contributed by atoms with Gasteiger partial charge >= 0.3 is 0 Å². The first-order valence-corrected chi connectivity index (χ1v) is 6.73. The van der Waals surface area contributed by atoms with Crippen LogP contribution in [0.3, 0.4) is 0 Å². The van der Waals surface area contributed by atoms with Crippen molar-refractivity contribution in [2.45, 2.75) is 18.8 Å². The maximum Gasteiger partial charge on any atom is 0.142 e. The van der Waals surface area contributed by atoms with Crippen molar-refractivity contribution in [1.29, 1.82) is 0 Å². The minimum absolute atomic E-state index is 0.0161. The van der Waals surface area contributed by atoms with Gasteiger partial charge in [-0.2, -0.15) is 0 Å². The number of hydrogen-bond donors (Lipinski definition) is 2. The third-order valence-corrected chi connectivity index (χ3v) is 3.79. The van der Waals surface area contributed by atoms with E-state index in [4.69, 9.17) is 0 Å². The van der Waals surface area contributed by atoms with Gasteiger partial charge in [0.25, 0.3) is 0 Å². The molecule has 1 aliphatic rings. The molecule has 2 rings (SSSR count). The van der Waals surface area contributed by atoms with Gasteiger partial charge in [-0.05, 0) is 18.4 Å². The fourth-order valence-electron chi connectivity index (χ4n) is 2.71. The van der Waals surface area contributed by atoms with Gasteiger partial charge in [0, 0.05) is 0 Å². The zero-order valence-electron chi connectivity index (χ0n) is 11.5. The third kappa shape index (κ3) is 2.42. The van der Waals surface area contributed by atoms with Crippen LogP contribution in [-0.2, 0) is 0 Å². The largest absolute Gasteiger partial charge is 0.508 e. The average Bonchev–Trinajstić information content (AvgIpc) is 2.46. The molecule has 0 bridgehead atoms. The average molecular weight is 268 g/mol. The van der Waals surface area contributed by atoms with Crippen LogP contribution >= 0.6 is 0 Å². The maximum absolute atomic E-state index is 10.5. The summed E-state index contributed by atoms with van der Waals surface area (Å²) in [6.45, 7) is 7.47. The molecule has 2 heteroatoms. The highest BCUT2D eigenvalue weighted by Crippen LogP contribution is 2.44. The summed E-state index contributed by atoms with van der Waals surface area (Å²) < 4.78 is 0. The molecule has 1 aliphatic carbocycles. The van der Waals surface area contributed by atoms with Crippen LogP contribution in [0.15, 0.2) is 79.3 Å². The van der Waals surface area contributed by atoms with E-state index in [1.807, 2.05) is 42.5 Å². The molecule has 1 aromatic carbocycles. The van der Waals surface area contributed by atoms with E-state index in [0.717, 1.165) is 5.56 Å². The molecule has 0 amide bonds. The Balaban J connectivity index is 2.42. The molecular weight excluding hydrogens is 248 g/mol. The molecule has 0 radical (unpaired) electrons. The Kier molecular flexibility index (Phi) is 4.14. The van der Waals surface area contributed by atoms with Gasteiger partial charge in [-0.25, -0.2) is 0 Å². The molecule has 0 saturated carbocycles. The molecule has 2 N–H and O–H groups in total. The van der Waals surface area contributed by atoms with E-state index >= 15 is 0 Å². The molecule has 1 unspecified atom stereocenters. The quantitative estimate of drug-likeness (QED) is 0.753. The van der Waals surface area contributed by atoms with Crippen molar-refractivity contribution < 1.29 is 10.2 Å². The molecule has 1 atom stereocenters. The second kappa shape index (κ2) is 5.83. The first-order valence-electron chi connectivity index (χ1n) is 6.73. The van der Waals surface area contributed by atoms with Gasteiger partial charge < -0.3 is 10.2 Å². The lowest BCUT2D eigenvalue weighted by molar-refractivity contribution is 0.214. The molecule has 0 aromatic heterocycles. The van der Waals surface area contributed by atoms with E-state index in [0.29, 0.717) is 12.8 Å². The van der Waals surface area contributed by atoms with Crippen molar-refractivity contribution >= 4 is 0 Å². The molecular formula is C18H20O2. The SMILES string of the molecule is C=CCC1(CC=C)C=CC(c2ccccc2)C(O)=C1O. The van der Waals surface area contributed by atoms with Crippen LogP contribution in [0.5, 0.6) is 0 Å². The van der Waals surface area contributed by atoms with Crippen LogP contribution in [-0.4, -0.2) is 10.2 Å². The van der Waals surface area contributed by atoms with Crippen LogP contribution < -0.4 is 0 Å². The van der Waals surface area contributed by atoms with Crippen LogP contribution in [0.2, 0.25) is 0 Å². The molecule has 20 heavy (non-hydrogen) atoms. The van der Waals surface area contributed by atoms with E-state index in [1.54, 1.807) is 12.2 Å². The number of rotatable bonds is 5. The Morgan fingerprint density at radius 1 is 1.05 bits per heavy atom. The number of aliphatic hydroxyl groups excluding tert-OH is 2. The van der Waals surface area contributed by atoms with Gasteiger partial charge in [-0.15, -0.1) is 13.2 Å². The fourth-order valence-corrected chi connectivity index (χ4v) is 2.71. The van der Waals surface area contributed by atoms with E-state index < -0.39 is 5.41 Å². The van der Waals surface area contributed by atoms with Gasteiger partial charge in [0.1, 0.15) is 11.5 Å². The van der Waals surface area contributed by atoms with Gasteiger partial charge in [0.15, 0.2) is 0 Å². The van der Waals surface area contributed by atoms with Gasteiger partial charge in [-0.1, -0.05) is 54.6 Å². The molecule has 1 aromatic rings. The Labute approximate surface area is 120 Å². The summed E-state index contributed by atoms with van der Waals surface area (Å²) in [5.41, 5.74) is 0.345. The summed E-state index contributed by atoms with van der Waals surface area (Å²) in [6, 6.07) is 9.64. The molecule has 104 valence electrons. The van der Waals surface area contributed by atoms with E-state index in [1.165, 1.54) is 0 Å². The Morgan fingerprint density at radius 2 is 1.65 bits per heavy atom. The summed E-state index contributed by atoms with van der Waals surface area (Å²) >= 11 is 0. The normalized spacial score (nSPS) is 20.7. The Morgan fingerprint density at radius 3 is 2.20 bits per heavy atom. The smallest absolute Gasteiger partial charge is 0.142 e. The molecule has 0 heterocycles. The molecule has 0 aliphatic heterocycles. The third-order valence-electron chi connectivity index (χ3n) is 3.79. The first-order chi connectivity index (χ1) is 9.64. The minimum Gasteiger partial charge on any atom is -0.508 e. The summed E-state index contributed by atoms with van der Waals surface area (Å²) in [7, 11) is 0. The second-order valence-electron chi connectivity index (χ2n) is 5.12. The predicted molar refractivity (Wildman–Crippen MR) is 82.7 cm³/mol. The zero-order chi connectivity index (χ0) is 14.6. The zero-order valence-corrected chi connectivity index (χ0v) is 11.5. The minimum atomic E-state index is -0.612. The number of benzene rings is 1. The predicted octanol–water partition coefficient (Wildman–Crippen LogP) is 4.81. The number of allylic oxidation sites excluding steroid dienone is 4.